The van der Waals surface area contributed by atoms with E-state index in [4.69, 9.17) is 0 Å². The number of thiophene rings is 1. The number of rotatable bonds is 7. The summed E-state index contributed by atoms with van der Waals surface area (Å²) in [5.74, 6) is -0.154. The molecule has 1 aromatic carbocycles. The number of nitrogens with one attached hydrogen (secondary N) is 1. The minimum Gasteiger partial charge on any atom is -0.368 e. The molecule has 2 aromatic rings. The van der Waals surface area contributed by atoms with Crippen LogP contribution >= 0.6 is 11.3 Å². The highest BCUT2D eigenvalue weighted by molar-refractivity contribution is 7.07. The predicted octanol–water partition coefficient (Wildman–Crippen LogP) is 4.02. The third-order valence-electron chi connectivity index (χ3n) is 3.18. The molecule has 1 aromatic heterocycles. The second-order valence-corrected chi connectivity index (χ2v) is 5.73. The van der Waals surface area contributed by atoms with Crippen molar-refractivity contribution in [1.29, 1.82) is 0 Å². The lowest BCUT2D eigenvalue weighted by Crippen LogP contribution is -2.18. The monoisotopic (exact) mass is 292 g/mol. The van der Waals surface area contributed by atoms with Crippen LogP contribution in [0.25, 0.3) is 0 Å². The molecule has 2 rings (SSSR count). The van der Waals surface area contributed by atoms with E-state index in [2.05, 4.69) is 23.7 Å². The van der Waals surface area contributed by atoms with E-state index in [9.17, 15) is 4.39 Å². The maximum absolute atomic E-state index is 14.2. The van der Waals surface area contributed by atoms with E-state index in [0.29, 0.717) is 5.69 Å². The number of nitrogens with zero attached hydrogens (tertiary/aromatic N) is 1. The molecule has 108 valence electrons. The largest absolute Gasteiger partial charge is 0.368 e. The van der Waals surface area contributed by atoms with Crippen LogP contribution in [0.1, 0.15) is 24.5 Å². The van der Waals surface area contributed by atoms with Gasteiger partial charge in [0.2, 0.25) is 0 Å². The molecule has 4 heteroatoms. The van der Waals surface area contributed by atoms with Crippen LogP contribution in [0.3, 0.4) is 0 Å². The molecular formula is C16H21FN2S. The summed E-state index contributed by atoms with van der Waals surface area (Å²) in [7, 11) is 1.92. The van der Waals surface area contributed by atoms with Gasteiger partial charge in [-0.3, -0.25) is 0 Å². The molecule has 0 saturated carbocycles. The summed E-state index contributed by atoms with van der Waals surface area (Å²) in [6, 6.07) is 7.56. The van der Waals surface area contributed by atoms with Crippen molar-refractivity contribution < 1.29 is 4.39 Å². The maximum atomic E-state index is 14.2. The van der Waals surface area contributed by atoms with E-state index < -0.39 is 0 Å². The Labute approximate surface area is 124 Å². The zero-order chi connectivity index (χ0) is 14.4. The van der Waals surface area contributed by atoms with Crippen molar-refractivity contribution >= 4 is 17.0 Å². The summed E-state index contributed by atoms with van der Waals surface area (Å²) in [6.45, 7) is 4.53. The van der Waals surface area contributed by atoms with Crippen LogP contribution in [0.4, 0.5) is 10.1 Å². The molecule has 0 amide bonds. The highest BCUT2D eigenvalue weighted by Gasteiger charge is 2.09. The molecule has 0 unspecified atom stereocenters. The molecule has 0 saturated heterocycles. The first-order chi connectivity index (χ1) is 9.70. The van der Waals surface area contributed by atoms with Crippen molar-refractivity contribution in [3.05, 3.63) is 52.0 Å². The molecule has 0 aliphatic rings. The molecule has 1 N–H and O–H groups in total. The van der Waals surface area contributed by atoms with E-state index in [1.54, 1.807) is 17.4 Å². The van der Waals surface area contributed by atoms with Gasteiger partial charge in [0.25, 0.3) is 0 Å². The average Bonchev–Trinajstić information content (AvgIpc) is 2.92. The Balaban J connectivity index is 2.01. The molecule has 0 aliphatic heterocycles. The van der Waals surface area contributed by atoms with Gasteiger partial charge in [-0.15, -0.1) is 0 Å². The van der Waals surface area contributed by atoms with Gasteiger partial charge in [0.15, 0.2) is 0 Å². The predicted molar refractivity (Wildman–Crippen MR) is 84.8 cm³/mol. The number of hydrogen-bond donors (Lipinski definition) is 1. The molecule has 0 fully saturated rings. The third-order valence-corrected chi connectivity index (χ3v) is 3.91. The molecule has 0 spiro atoms. The number of halogens is 1. The molecule has 0 bridgehead atoms. The van der Waals surface area contributed by atoms with Crippen LogP contribution in [0.2, 0.25) is 0 Å². The fourth-order valence-electron chi connectivity index (χ4n) is 2.12. The Morgan fingerprint density at radius 3 is 2.75 bits per heavy atom. The van der Waals surface area contributed by atoms with Crippen LogP contribution < -0.4 is 10.2 Å². The van der Waals surface area contributed by atoms with Crippen molar-refractivity contribution in [3.63, 3.8) is 0 Å². The van der Waals surface area contributed by atoms with Crippen molar-refractivity contribution in [2.75, 3.05) is 18.5 Å². The van der Waals surface area contributed by atoms with Gasteiger partial charge in [-0.05, 0) is 53.1 Å². The normalized spacial score (nSPS) is 10.8. The highest BCUT2D eigenvalue weighted by Crippen LogP contribution is 2.21. The smallest absolute Gasteiger partial charge is 0.146 e. The third kappa shape index (κ3) is 4.05. The average molecular weight is 292 g/mol. The minimum atomic E-state index is -0.154. The van der Waals surface area contributed by atoms with Crippen LogP contribution in [0.15, 0.2) is 35.0 Å². The van der Waals surface area contributed by atoms with Crippen molar-refractivity contribution in [3.8, 4) is 0 Å². The molecule has 1 heterocycles. The first-order valence-corrected chi connectivity index (χ1v) is 7.86. The second kappa shape index (κ2) is 7.41. The van der Waals surface area contributed by atoms with Gasteiger partial charge < -0.3 is 10.2 Å². The second-order valence-electron chi connectivity index (χ2n) is 4.95. The van der Waals surface area contributed by atoms with Crippen molar-refractivity contribution in [2.45, 2.75) is 26.4 Å². The molecular weight excluding hydrogens is 271 g/mol. The SMILES string of the molecule is CCCNCc1ccc(N(C)Cc2ccsc2)c(F)c1. The fourth-order valence-corrected chi connectivity index (χ4v) is 2.78. The van der Waals surface area contributed by atoms with Crippen molar-refractivity contribution in [2.24, 2.45) is 0 Å². The first kappa shape index (κ1) is 15.0. The van der Waals surface area contributed by atoms with Gasteiger partial charge in [-0.2, -0.15) is 11.3 Å². The molecule has 0 aliphatic carbocycles. The van der Waals surface area contributed by atoms with E-state index in [1.165, 1.54) is 5.56 Å². The van der Waals surface area contributed by atoms with Crippen LogP contribution in [-0.4, -0.2) is 13.6 Å². The van der Waals surface area contributed by atoms with E-state index in [-0.39, 0.29) is 5.82 Å². The Bertz CT molecular complexity index is 525. The standard InChI is InChI=1S/C16H21FN2S/c1-3-7-18-10-13-4-5-16(15(17)9-13)19(2)11-14-6-8-20-12-14/h4-6,8-9,12,18H,3,7,10-11H2,1-2H3. The molecule has 0 radical (unpaired) electrons. The topological polar surface area (TPSA) is 15.3 Å². The number of benzene rings is 1. The molecule has 0 atom stereocenters. The lowest BCUT2D eigenvalue weighted by atomic mass is 10.1. The number of anilines is 1. The molecule has 20 heavy (non-hydrogen) atoms. The van der Waals surface area contributed by atoms with Gasteiger partial charge in [-0.1, -0.05) is 13.0 Å². The zero-order valence-corrected chi connectivity index (χ0v) is 12.8. The summed E-state index contributed by atoms with van der Waals surface area (Å²) in [5.41, 5.74) is 2.85. The van der Waals surface area contributed by atoms with Crippen LogP contribution in [0, 0.1) is 5.82 Å². The van der Waals surface area contributed by atoms with Crippen LogP contribution in [-0.2, 0) is 13.1 Å². The zero-order valence-electron chi connectivity index (χ0n) is 12.0. The summed E-state index contributed by atoms with van der Waals surface area (Å²) in [4.78, 5) is 1.95. The lowest BCUT2D eigenvalue weighted by Gasteiger charge is -2.20. The van der Waals surface area contributed by atoms with Gasteiger partial charge in [0, 0.05) is 20.1 Å². The Kier molecular flexibility index (Phi) is 5.56. The van der Waals surface area contributed by atoms with E-state index in [0.717, 1.165) is 31.6 Å². The van der Waals surface area contributed by atoms with Gasteiger partial charge in [-0.25, -0.2) is 4.39 Å². The first-order valence-electron chi connectivity index (χ1n) is 6.92. The van der Waals surface area contributed by atoms with Gasteiger partial charge in [0.05, 0.1) is 5.69 Å². The summed E-state index contributed by atoms with van der Waals surface area (Å²) < 4.78 is 14.2. The summed E-state index contributed by atoms with van der Waals surface area (Å²) in [6.07, 6.45) is 1.09. The minimum absolute atomic E-state index is 0.154. The Morgan fingerprint density at radius 1 is 1.25 bits per heavy atom. The molecule has 2 nitrogen and oxygen atoms in total. The highest BCUT2D eigenvalue weighted by atomic mass is 32.1. The van der Waals surface area contributed by atoms with E-state index >= 15 is 0 Å². The quantitative estimate of drug-likeness (QED) is 0.775. The van der Waals surface area contributed by atoms with E-state index in [1.807, 2.05) is 29.5 Å². The van der Waals surface area contributed by atoms with Crippen molar-refractivity contribution in [1.82, 2.24) is 5.32 Å². The Morgan fingerprint density at radius 2 is 2.10 bits per heavy atom. The Hall–Kier alpha value is -1.39. The van der Waals surface area contributed by atoms with Crippen LogP contribution in [0.5, 0.6) is 0 Å². The summed E-state index contributed by atoms with van der Waals surface area (Å²) >= 11 is 1.67. The lowest BCUT2D eigenvalue weighted by molar-refractivity contribution is 0.614. The van der Waals surface area contributed by atoms with Gasteiger partial charge >= 0.3 is 0 Å². The number of hydrogen-bond acceptors (Lipinski definition) is 3. The maximum Gasteiger partial charge on any atom is 0.146 e. The van der Waals surface area contributed by atoms with Gasteiger partial charge in [0.1, 0.15) is 5.82 Å². The summed E-state index contributed by atoms with van der Waals surface area (Å²) in [5, 5.41) is 7.42. The fraction of sp³-hybridized carbons (Fsp3) is 0.375.